The van der Waals surface area contributed by atoms with E-state index >= 15 is 0 Å². The number of nitro benzene ring substituents is 1. The van der Waals surface area contributed by atoms with Crippen LogP contribution in [0.4, 0.5) is 15.8 Å². The SMILES string of the molecule is CN(Cc1ccc([N+](=O)[O-])c(F)c1)c1ccc(C#N)cc1. The molecule has 0 aliphatic carbocycles. The quantitative estimate of drug-likeness (QED) is 0.638. The molecule has 2 aromatic carbocycles. The molecule has 0 aliphatic rings. The molecule has 6 heteroatoms. The van der Waals surface area contributed by atoms with Crippen molar-refractivity contribution in [2.45, 2.75) is 6.54 Å². The Bertz CT molecular complexity index is 708. The summed E-state index contributed by atoms with van der Waals surface area (Å²) in [6.45, 7) is 0.404. The number of benzene rings is 2. The summed E-state index contributed by atoms with van der Waals surface area (Å²) in [5, 5.41) is 19.3. The number of anilines is 1. The molecule has 0 spiro atoms. The van der Waals surface area contributed by atoms with Gasteiger partial charge >= 0.3 is 5.69 Å². The Morgan fingerprint density at radius 2 is 1.95 bits per heavy atom. The summed E-state index contributed by atoms with van der Waals surface area (Å²) in [4.78, 5) is 11.7. The van der Waals surface area contributed by atoms with Gasteiger partial charge < -0.3 is 4.90 Å². The Hall–Kier alpha value is -2.94. The highest BCUT2D eigenvalue weighted by atomic mass is 19.1. The lowest BCUT2D eigenvalue weighted by Crippen LogP contribution is -2.16. The molecule has 21 heavy (non-hydrogen) atoms. The minimum absolute atomic E-state index is 0.404. The summed E-state index contributed by atoms with van der Waals surface area (Å²) in [6.07, 6.45) is 0. The fourth-order valence-electron chi connectivity index (χ4n) is 1.95. The number of halogens is 1. The summed E-state index contributed by atoms with van der Waals surface area (Å²) in [5.74, 6) is -0.842. The van der Waals surface area contributed by atoms with Gasteiger partial charge in [-0.15, -0.1) is 0 Å². The van der Waals surface area contributed by atoms with E-state index in [4.69, 9.17) is 5.26 Å². The molecule has 0 saturated heterocycles. The molecular weight excluding hydrogens is 273 g/mol. The van der Waals surface area contributed by atoms with Gasteiger partial charge in [0.1, 0.15) is 0 Å². The second-order valence-corrected chi connectivity index (χ2v) is 4.56. The second-order valence-electron chi connectivity index (χ2n) is 4.56. The Morgan fingerprint density at radius 1 is 1.29 bits per heavy atom. The molecule has 0 unspecified atom stereocenters. The van der Waals surface area contributed by atoms with E-state index in [1.54, 1.807) is 24.3 Å². The summed E-state index contributed by atoms with van der Waals surface area (Å²) in [5.41, 5.74) is 1.53. The van der Waals surface area contributed by atoms with Crippen LogP contribution >= 0.6 is 0 Å². The maximum Gasteiger partial charge on any atom is 0.304 e. The van der Waals surface area contributed by atoms with Gasteiger partial charge in [0.2, 0.25) is 5.82 Å². The van der Waals surface area contributed by atoms with Gasteiger partial charge in [-0.1, -0.05) is 6.07 Å². The number of rotatable bonds is 4. The Kier molecular flexibility index (Phi) is 4.14. The van der Waals surface area contributed by atoms with Crippen molar-refractivity contribution in [1.82, 2.24) is 0 Å². The lowest BCUT2D eigenvalue weighted by Gasteiger charge is -2.19. The third kappa shape index (κ3) is 3.34. The van der Waals surface area contributed by atoms with Gasteiger partial charge in [-0.3, -0.25) is 10.1 Å². The van der Waals surface area contributed by atoms with Crippen molar-refractivity contribution >= 4 is 11.4 Å². The van der Waals surface area contributed by atoms with Crippen molar-refractivity contribution in [3.63, 3.8) is 0 Å². The van der Waals surface area contributed by atoms with Crippen LogP contribution in [0.3, 0.4) is 0 Å². The van der Waals surface area contributed by atoms with Crippen LogP contribution in [0.5, 0.6) is 0 Å². The van der Waals surface area contributed by atoms with Crippen molar-refractivity contribution in [2.75, 3.05) is 11.9 Å². The molecule has 0 heterocycles. The number of hydrogen-bond donors (Lipinski definition) is 0. The molecular formula is C15H12FN3O2. The molecule has 0 amide bonds. The zero-order valence-corrected chi connectivity index (χ0v) is 11.3. The molecule has 2 rings (SSSR count). The van der Waals surface area contributed by atoms with Crippen LogP contribution in [0.2, 0.25) is 0 Å². The highest BCUT2D eigenvalue weighted by Gasteiger charge is 2.14. The standard InChI is InChI=1S/C15H12FN3O2/c1-18(13-5-2-11(9-17)3-6-13)10-12-4-7-15(19(20)21)14(16)8-12/h2-8H,10H2,1H3. The second kappa shape index (κ2) is 6.01. The number of hydrogen-bond acceptors (Lipinski definition) is 4. The summed E-state index contributed by atoms with van der Waals surface area (Å²) >= 11 is 0. The fourth-order valence-corrected chi connectivity index (χ4v) is 1.95. The molecule has 0 atom stereocenters. The maximum absolute atomic E-state index is 13.6. The first-order chi connectivity index (χ1) is 10.0. The highest BCUT2D eigenvalue weighted by Crippen LogP contribution is 2.21. The summed E-state index contributed by atoms with van der Waals surface area (Å²) in [7, 11) is 1.82. The van der Waals surface area contributed by atoms with E-state index in [0.29, 0.717) is 17.7 Å². The zero-order chi connectivity index (χ0) is 15.4. The number of nitriles is 1. The normalized spacial score (nSPS) is 9.95. The predicted molar refractivity (Wildman–Crippen MR) is 76.3 cm³/mol. The first-order valence-electron chi connectivity index (χ1n) is 6.15. The van der Waals surface area contributed by atoms with E-state index in [1.165, 1.54) is 6.07 Å². The minimum atomic E-state index is -0.842. The van der Waals surface area contributed by atoms with Gasteiger partial charge in [-0.05, 0) is 35.9 Å². The van der Waals surface area contributed by atoms with E-state index < -0.39 is 16.4 Å². The topological polar surface area (TPSA) is 70.2 Å². The van der Waals surface area contributed by atoms with Crippen LogP contribution in [0, 0.1) is 27.3 Å². The molecule has 0 N–H and O–H groups in total. The van der Waals surface area contributed by atoms with Gasteiger partial charge in [-0.2, -0.15) is 9.65 Å². The smallest absolute Gasteiger partial charge is 0.304 e. The van der Waals surface area contributed by atoms with Crippen LogP contribution in [-0.4, -0.2) is 12.0 Å². The third-order valence-electron chi connectivity index (χ3n) is 3.07. The van der Waals surface area contributed by atoms with Crippen molar-refractivity contribution in [1.29, 1.82) is 5.26 Å². The molecule has 0 aromatic heterocycles. The molecule has 2 aromatic rings. The van der Waals surface area contributed by atoms with Crippen LogP contribution in [0.25, 0.3) is 0 Å². The van der Waals surface area contributed by atoms with Crippen molar-refractivity contribution in [3.05, 3.63) is 69.5 Å². The highest BCUT2D eigenvalue weighted by molar-refractivity contribution is 5.49. The van der Waals surface area contributed by atoms with Crippen molar-refractivity contribution < 1.29 is 9.31 Å². The Labute approximate surface area is 121 Å². The van der Waals surface area contributed by atoms with Gasteiger partial charge in [-0.25, -0.2) is 0 Å². The zero-order valence-electron chi connectivity index (χ0n) is 11.3. The molecule has 0 radical (unpaired) electrons. The number of nitrogens with zero attached hydrogens (tertiary/aromatic N) is 3. The van der Waals surface area contributed by atoms with E-state index in [-0.39, 0.29) is 0 Å². The fraction of sp³-hybridized carbons (Fsp3) is 0.133. The summed E-state index contributed by atoms with van der Waals surface area (Å²) < 4.78 is 13.6. The van der Waals surface area contributed by atoms with Gasteiger partial charge in [0, 0.05) is 25.3 Å². The monoisotopic (exact) mass is 285 g/mol. The first-order valence-corrected chi connectivity index (χ1v) is 6.15. The lowest BCUT2D eigenvalue weighted by atomic mass is 10.1. The van der Waals surface area contributed by atoms with Gasteiger partial charge in [0.15, 0.2) is 0 Å². The van der Waals surface area contributed by atoms with Crippen molar-refractivity contribution in [3.8, 4) is 6.07 Å². The average Bonchev–Trinajstić information content (AvgIpc) is 2.47. The minimum Gasteiger partial charge on any atom is -0.370 e. The lowest BCUT2D eigenvalue weighted by molar-refractivity contribution is -0.387. The number of nitro groups is 1. The predicted octanol–water partition coefficient (Wildman–Crippen LogP) is 3.24. The van der Waals surface area contributed by atoms with E-state index in [9.17, 15) is 14.5 Å². The van der Waals surface area contributed by atoms with Crippen LogP contribution in [0.1, 0.15) is 11.1 Å². The Morgan fingerprint density at radius 3 is 2.48 bits per heavy atom. The molecule has 5 nitrogen and oxygen atoms in total. The van der Waals surface area contributed by atoms with Crippen LogP contribution in [-0.2, 0) is 6.54 Å². The molecule has 106 valence electrons. The first kappa shape index (κ1) is 14.5. The van der Waals surface area contributed by atoms with E-state index in [0.717, 1.165) is 17.8 Å². The largest absolute Gasteiger partial charge is 0.370 e. The average molecular weight is 285 g/mol. The summed E-state index contributed by atoms with van der Waals surface area (Å²) in [6, 6.07) is 12.9. The third-order valence-corrected chi connectivity index (χ3v) is 3.07. The van der Waals surface area contributed by atoms with Crippen molar-refractivity contribution in [2.24, 2.45) is 0 Å². The van der Waals surface area contributed by atoms with Gasteiger partial charge in [0.05, 0.1) is 16.6 Å². The Balaban J connectivity index is 2.15. The molecule has 0 aliphatic heterocycles. The molecule has 0 saturated carbocycles. The molecule has 0 fully saturated rings. The van der Waals surface area contributed by atoms with E-state index in [1.807, 2.05) is 18.0 Å². The van der Waals surface area contributed by atoms with Crippen LogP contribution in [0.15, 0.2) is 42.5 Å². The molecule has 0 bridgehead atoms. The van der Waals surface area contributed by atoms with Crippen LogP contribution < -0.4 is 4.90 Å². The van der Waals surface area contributed by atoms with Gasteiger partial charge in [0.25, 0.3) is 0 Å². The van der Waals surface area contributed by atoms with E-state index in [2.05, 4.69) is 0 Å². The maximum atomic E-state index is 13.6.